The van der Waals surface area contributed by atoms with E-state index >= 15 is 0 Å². The van der Waals surface area contributed by atoms with Gasteiger partial charge in [0.1, 0.15) is 6.10 Å². The van der Waals surface area contributed by atoms with E-state index in [1.807, 2.05) is 0 Å². The van der Waals surface area contributed by atoms with Gasteiger partial charge in [0.2, 0.25) is 0 Å². The van der Waals surface area contributed by atoms with Crippen molar-refractivity contribution in [2.75, 3.05) is 0 Å². The Morgan fingerprint density at radius 3 is 1.94 bits per heavy atom. The summed E-state index contributed by atoms with van der Waals surface area (Å²) in [5, 5.41) is 10.3. The van der Waals surface area contributed by atoms with Crippen LogP contribution in [-0.4, -0.2) is 17.0 Å². The van der Waals surface area contributed by atoms with Gasteiger partial charge in [-0.25, -0.2) is 0 Å². The van der Waals surface area contributed by atoms with E-state index in [4.69, 9.17) is 0 Å². The van der Waals surface area contributed by atoms with E-state index < -0.39 is 6.10 Å². The van der Waals surface area contributed by atoms with Crippen molar-refractivity contribution in [1.29, 1.82) is 0 Å². The maximum atomic E-state index is 12.3. The lowest BCUT2D eigenvalue weighted by Gasteiger charge is -2.24. The van der Waals surface area contributed by atoms with Crippen molar-refractivity contribution in [1.82, 2.24) is 0 Å². The number of carbonyl (C=O) groups is 1. The molecule has 0 heterocycles. The van der Waals surface area contributed by atoms with E-state index in [9.17, 15) is 9.90 Å². The fraction of sp³-hybridized carbons (Fsp3) is 0.938. The highest BCUT2D eigenvalue weighted by molar-refractivity contribution is 5.85. The summed E-state index contributed by atoms with van der Waals surface area (Å²) in [6.45, 7) is 8.42. The molecular weight excluding hydrogens is 224 g/mol. The molecule has 18 heavy (non-hydrogen) atoms. The minimum atomic E-state index is -0.733. The molecule has 2 heteroatoms. The van der Waals surface area contributed by atoms with Crippen molar-refractivity contribution in [3.63, 3.8) is 0 Å². The lowest BCUT2D eigenvalue weighted by molar-refractivity contribution is -0.134. The molecule has 0 aromatic heterocycles. The number of Topliss-reactive ketones (excluding diaryl/α,β-unsaturated/α-hetero) is 1. The summed E-state index contributed by atoms with van der Waals surface area (Å²) < 4.78 is 0. The predicted octanol–water partition coefficient (Wildman–Crippen LogP) is 4.35. The largest absolute Gasteiger partial charge is 0.385 e. The van der Waals surface area contributed by atoms with Crippen LogP contribution in [0.15, 0.2) is 0 Å². The molecule has 0 saturated heterocycles. The van der Waals surface area contributed by atoms with Gasteiger partial charge < -0.3 is 5.11 Å². The summed E-state index contributed by atoms with van der Waals surface area (Å²) in [7, 11) is 0. The van der Waals surface area contributed by atoms with Crippen LogP contribution in [-0.2, 0) is 4.79 Å². The van der Waals surface area contributed by atoms with E-state index in [0.717, 1.165) is 51.4 Å². The van der Waals surface area contributed by atoms with E-state index in [0.29, 0.717) is 0 Å². The fourth-order valence-electron chi connectivity index (χ4n) is 2.52. The van der Waals surface area contributed by atoms with E-state index in [1.165, 1.54) is 0 Å². The Balaban J connectivity index is 4.41. The Bertz CT molecular complexity index is 213. The molecule has 3 atom stereocenters. The van der Waals surface area contributed by atoms with Crippen LogP contribution in [0.5, 0.6) is 0 Å². The molecule has 0 aliphatic heterocycles. The summed E-state index contributed by atoms with van der Waals surface area (Å²) in [4.78, 5) is 12.3. The second-order valence-corrected chi connectivity index (χ2v) is 5.41. The molecule has 108 valence electrons. The zero-order valence-corrected chi connectivity index (χ0v) is 12.7. The quantitative estimate of drug-likeness (QED) is 0.597. The molecular formula is C16H32O2. The smallest absolute Gasteiger partial charge is 0.164 e. The van der Waals surface area contributed by atoms with Crippen LogP contribution in [0, 0.1) is 11.8 Å². The molecule has 3 unspecified atom stereocenters. The summed E-state index contributed by atoms with van der Waals surface area (Å²) in [5.74, 6) is 0.317. The predicted molar refractivity (Wildman–Crippen MR) is 77.6 cm³/mol. The van der Waals surface area contributed by atoms with E-state index in [1.54, 1.807) is 0 Å². The lowest BCUT2D eigenvalue weighted by Crippen LogP contribution is -2.34. The molecule has 1 N–H and O–H groups in total. The fourth-order valence-corrected chi connectivity index (χ4v) is 2.52. The Morgan fingerprint density at radius 1 is 0.944 bits per heavy atom. The molecule has 0 radical (unpaired) electrons. The summed E-state index contributed by atoms with van der Waals surface area (Å²) in [6, 6.07) is 0. The van der Waals surface area contributed by atoms with Gasteiger partial charge in [0.15, 0.2) is 5.78 Å². The van der Waals surface area contributed by atoms with E-state index in [2.05, 4.69) is 27.7 Å². The van der Waals surface area contributed by atoms with Gasteiger partial charge >= 0.3 is 0 Å². The van der Waals surface area contributed by atoms with Crippen molar-refractivity contribution in [2.45, 2.75) is 85.2 Å². The number of carbonyl (C=O) groups excluding carboxylic acids is 1. The summed E-state index contributed by atoms with van der Waals surface area (Å²) in [6.07, 6.45) is 7.38. The van der Waals surface area contributed by atoms with Crippen molar-refractivity contribution < 1.29 is 9.90 Å². The number of unbranched alkanes of at least 4 members (excludes halogenated alkanes) is 2. The highest BCUT2D eigenvalue weighted by Gasteiger charge is 2.28. The number of aliphatic hydroxyl groups excluding tert-OH is 1. The Morgan fingerprint density at radius 2 is 1.50 bits per heavy atom. The monoisotopic (exact) mass is 256 g/mol. The van der Waals surface area contributed by atoms with Gasteiger partial charge in [-0.2, -0.15) is 0 Å². The number of aliphatic hydroxyl groups is 1. The van der Waals surface area contributed by atoms with Gasteiger partial charge in [-0.3, -0.25) is 4.79 Å². The number of rotatable bonds is 11. The second kappa shape index (κ2) is 10.5. The number of hydrogen-bond donors (Lipinski definition) is 1. The lowest BCUT2D eigenvalue weighted by atomic mass is 9.84. The van der Waals surface area contributed by atoms with Crippen molar-refractivity contribution in [2.24, 2.45) is 11.8 Å². The summed E-state index contributed by atoms with van der Waals surface area (Å²) >= 11 is 0. The van der Waals surface area contributed by atoms with Crippen LogP contribution in [0.4, 0.5) is 0 Å². The van der Waals surface area contributed by atoms with Crippen molar-refractivity contribution in [3.8, 4) is 0 Å². The van der Waals surface area contributed by atoms with Crippen molar-refractivity contribution in [3.05, 3.63) is 0 Å². The summed E-state index contributed by atoms with van der Waals surface area (Å²) in [5.41, 5.74) is 0. The van der Waals surface area contributed by atoms with Crippen LogP contribution in [0.25, 0.3) is 0 Å². The highest BCUT2D eigenvalue weighted by atomic mass is 16.3. The van der Waals surface area contributed by atoms with Gasteiger partial charge in [-0.15, -0.1) is 0 Å². The first kappa shape index (κ1) is 17.6. The molecule has 0 aromatic carbocycles. The third kappa shape index (κ3) is 5.99. The first-order valence-corrected chi connectivity index (χ1v) is 7.83. The van der Waals surface area contributed by atoms with Gasteiger partial charge in [0, 0.05) is 5.92 Å². The van der Waals surface area contributed by atoms with Crippen LogP contribution in [0.1, 0.15) is 79.1 Å². The first-order chi connectivity index (χ1) is 8.62. The molecule has 0 aliphatic rings. The van der Waals surface area contributed by atoms with E-state index in [-0.39, 0.29) is 17.6 Å². The van der Waals surface area contributed by atoms with Gasteiger partial charge in [0.25, 0.3) is 0 Å². The van der Waals surface area contributed by atoms with Crippen LogP contribution >= 0.6 is 0 Å². The number of hydrogen-bond acceptors (Lipinski definition) is 2. The van der Waals surface area contributed by atoms with Crippen LogP contribution in [0.3, 0.4) is 0 Å². The highest BCUT2D eigenvalue weighted by Crippen LogP contribution is 2.23. The standard InChI is InChI=1S/C16H32O2/c1-5-9-11-13(7-3)15(17)16(18)14(8-4)12-10-6-2/h13-15,17H,5-12H2,1-4H3. The number of ketones is 1. The molecule has 0 spiro atoms. The zero-order valence-electron chi connectivity index (χ0n) is 12.7. The second-order valence-electron chi connectivity index (χ2n) is 5.41. The average molecular weight is 256 g/mol. The molecule has 0 rings (SSSR count). The molecule has 0 saturated carbocycles. The molecule has 0 bridgehead atoms. The van der Waals surface area contributed by atoms with Gasteiger partial charge in [-0.1, -0.05) is 59.8 Å². The molecule has 2 nitrogen and oxygen atoms in total. The molecule has 0 fully saturated rings. The maximum Gasteiger partial charge on any atom is 0.164 e. The zero-order chi connectivity index (χ0) is 14.0. The minimum Gasteiger partial charge on any atom is -0.385 e. The topological polar surface area (TPSA) is 37.3 Å². The average Bonchev–Trinajstić information content (AvgIpc) is 2.39. The van der Waals surface area contributed by atoms with Gasteiger partial charge in [-0.05, 0) is 25.2 Å². The van der Waals surface area contributed by atoms with Crippen molar-refractivity contribution >= 4 is 5.78 Å². The third-order valence-corrected chi connectivity index (χ3v) is 3.99. The Hall–Kier alpha value is -0.370. The molecule has 0 amide bonds. The van der Waals surface area contributed by atoms with Crippen LogP contribution in [0.2, 0.25) is 0 Å². The minimum absolute atomic E-state index is 0.0654. The SMILES string of the molecule is CCCCC(CC)C(=O)C(O)C(CC)CCCC. The normalized spacial score (nSPS) is 16.3. The Kier molecular flexibility index (Phi) is 10.3. The van der Waals surface area contributed by atoms with Crippen LogP contribution < -0.4 is 0 Å². The first-order valence-electron chi connectivity index (χ1n) is 7.83. The van der Waals surface area contributed by atoms with Gasteiger partial charge in [0.05, 0.1) is 0 Å². The third-order valence-electron chi connectivity index (χ3n) is 3.99. The Labute approximate surface area is 113 Å². The molecule has 0 aliphatic carbocycles. The maximum absolute atomic E-state index is 12.3. The molecule has 0 aromatic rings.